The van der Waals surface area contributed by atoms with Crippen molar-refractivity contribution in [1.29, 1.82) is 0 Å². The summed E-state index contributed by atoms with van der Waals surface area (Å²) >= 11 is 0. The Morgan fingerprint density at radius 2 is 2.18 bits per heavy atom. The van der Waals surface area contributed by atoms with Gasteiger partial charge in [-0.15, -0.1) is 0 Å². The molecule has 2 fully saturated rings. The lowest BCUT2D eigenvalue weighted by Crippen LogP contribution is -2.15. The highest BCUT2D eigenvalue weighted by atomic mass is 16.5. The molecule has 0 bridgehead atoms. The third-order valence-corrected chi connectivity index (χ3v) is 2.76. The standard InChI is InChI=1S/C9H16O2/c10-9(8-1-2-8)5-7-3-4-11-6-7/h7-10H,1-6H2. The van der Waals surface area contributed by atoms with E-state index < -0.39 is 0 Å². The van der Waals surface area contributed by atoms with Crippen molar-refractivity contribution in [3.8, 4) is 0 Å². The Hall–Kier alpha value is -0.0800. The summed E-state index contributed by atoms with van der Waals surface area (Å²) in [6, 6.07) is 0. The number of rotatable bonds is 3. The number of aliphatic hydroxyl groups excluding tert-OH is 1. The summed E-state index contributed by atoms with van der Waals surface area (Å²) in [7, 11) is 0. The minimum atomic E-state index is -0.0262. The van der Waals surface area contributed by atoms with Crippen LogP contribution in [0.2, 0.25) is 0 Å². The minimum absolute atomic E-state index is 0.0262. The normalized spacial score (nSPS) is 34.1. The average molecular weight is 156 g/mol. The first-order chi connectivity index (χ1) is 5.36. The van der Waals surface area contributed by atoms with Crippen molar-refractivity contribution in [1.82, 2.24) is 0 Å². The number of ether oxygens (including phenoxy) is 1. The van der Waals surface area contributed by atoms with E-state index in [1.165, 1.54) is 12.8 Å². The fourth-order valence-corrected chi connectivity index (χ4v) is 1.78. The van der Waals surface area contributed by atoms with Crippen molar-refractivity contribution in [3.63, 3.8) is 0 Å². The van der Waals surface area contributed by atoms with Gasteiger partial charge in [-0.3, -0.25) is 0 Å². The monoisotopic (exact) mass is 156 g/mol. The fraction of sp³-hybridized carbons (Fsp3) is 1.00. The SMILES string of the molecule is OC(CC1CCOC1)C1CC1. The summed E-state index contributed by atoms with van der Waals surface area (Å²) in [5.74, 6) is 1.28. The Balaban J connectivity index is 1.70. The second kappa shape index (κ2) is 3.11. The lowest BCUT2D eigenvalue weighted by Gasteiger charge is -2.12. The van der Waals surface area contributed by atoms with E-state index in [4.69, 9.17) is 4.74 Å². The molecule has 2 unspecified atom stereocenters. The Bertz CT molecular complexity index is 126. The van der Waals surface area contributed by atoms with Crippen LogP contribution in [-0.4, -0.2) is 24.4 Å². The van der Waals surface area contributed by atoms with Gasteiger partial charge in [0.05, 0.1) is 6.10 Å². The highest BCUT2D eigenvalue weighted by Crippen LogP contribution is 2.36. The highest BCUT2D eigenvalue weighted by molar-refractivity contribution is 4.83. The molecule has 1 N–H and O–H groups in total. The van der Waals surface area contributed by atoms with Gasteiger partial charge in [0.2, 0.25) is 0 Å². The Labute approximate surface area is 67.6 Å². The largest absolute Gasteiger partial charge is 0.393 e. The molecule has 11 heavy (non-hydrogen) atoms. The van der Waals surface area contributed by atoms with Gasteiger partial charge >= 0.3 is 0 Å². The van der Waals surface area contributed by atoms with Crippen molar-refractivity contribution >= 4 is 0 Å². The molecule has 1 heterocycles. The zero-order chi connectivity index (χ0) is 7.68. The van der Waals surface area contributed by atoms with E-state index in [0.717, 1.165) is 26.1 Å². The molecule has 0 aromatic rings. The van der Waals surface area contributed by atoms with Crippen LogP contribution in [0.4, 0.5) is 0 Å². The molecular weight excluding hydrogens is 140 g/mol. The minimum Gasteiger partial charge on any atom is -0.393 e. The van der Waals surface area contributed by atoms with E-state index in [9.17, 15) is 5.11 Å². The van der Waals surface area contributed by atoms with Crippen LogP contribution in [0.3, 0.4) is 0 Å². The molecule has 2 nitrogen and oxygen atoms in total. The van der Waals surface area contributed by atoms with E-state index in [2.05, 4.69) is 0 Å². The Morgan fingerprint density at radius 3 is 2.73 bits per heavy atom. The zero-order valence-electron chi connectivity index (χ0n) is 6.83. The topological polar surface area (TPSA) is 29.5 Å². The van der Waals surface area contributed by atoms with Crippen LogP contribution < -0.4 is 0 Å². The van der Waals surface area contributed by atoms with Crippen LogP contribution >= 0.6 is 0 Å². The predicted molar refractivity (Wildman–Crippen MR) is 42.3 cm³/mol. The lowest BCUT2D eigenvalue weighted by atomic mass is 9.98. The summed E-state index contributed by atoms with van der Waals surface area (Å²) in [5.41, 5.74) is 0. The molecule has 0 aromatic carbocycles. The fourth-order valence-electron chi connectivity index (χ4n) is 1.78. The maximum Gasteiger partial charge on any atom is 0.0571 e. The second-order valence-electron chi connectivity index (χ2n) is 3.87. The molecule has 2 heteroatoms. The van der Waals surface area contributed by atoms with Gasteiger partial charge < -0.3 is 9.84 Å². The molecule has 1 saturated heterocycles. The third kappa shape index (κ3) is 1.94. The maximum absolute atomic E-state index is 9.59. The van der Waals surface area contributed by atoms with Gasteiger partial charge in [-0.25, -0.2) is 0 Å². The van der Waals surface area contributed by atoms with Crippen molar-refractivity contribution in [2.75, 3.05) is 13.2 Å². The highest BCUT2D eigenvalue weighted by Gasteiger charge is 2.32. The number of hydrogen-bond donors (Lipinski definition) is 1. The molecule has 1 aliphatic carbocycles. The molecule has 0 amide bonds. The molecular formula is C9H16O2. The molecule has 0 aromatic heterocycles. The second-order valence-corrected chi connectivity index (χ2v) is 3.87. The molecule has 0 spiro atoms. The summed E-state index contributed by atoms with van der Waals surface area (Å²) in [6.07, 6.45) is 4.60. The Morgan fingerprint density at radius 1 is 1.36 bits per heavy atom. The van der Waals surface area contributed by atoms with Gasteiger partial charge in [0.25, 0.3) is 0 Å². The van der Waals surface area contributed by atoms with Crippen LogP contribution in [-0.2, 0) is 4.74 Å². The van der Waals surface area contributed by atoms with E-state index in [1.54, 1.807) is 0 Å². The van der Waals surface area contributed by atoms with Crippen molar-refractivity contribution in [3.05, 3.63) is 0 Å². The number of aliphatic hydroxyl groups is 1. The lowest BCUT2D eigenvalue weighted by molar-refractivity contribution is 0.111. The third-order valence-electron chi connectivity index (χ3n) is 2.76. The average Bonchev–Trinajstić information content (AvgIpc) is 2.73. The first-order valence-electron chi connectivity index (χ1n) is 4.62. The van der Waals surface area contributed by atoms with Gasteiger partial charge in [-0.05, 0) is 37.5 Å². The van der Waals surface area contributed by atoms with E-state index in [1.807, 2.05) is 0 Å². The van der Waals surface area contributed by atoms with E-state index >= 15 is 0 Å². The molecule has 2 aliphatic rings. The first kappa shape index (κ1) is 7.56. The van der Waals surface area contributed by atoms with Crippen molar-refractivity contribution in [2.45, 2.75) is 31.8 Å². The summed E-state index contributed by atoms with van der Waals surface area (Å²) in [6.45, 7) is 1.78. The van der Waals surface area contributed by atoms with Crippen LogP contribution in [0, 0.1) is 11.8 Å². The van der Waals surface area contributed by atoms with Gasteiger partial charge in [0.15, 0.2) is 0 Å². The summed E-state index contributed by atoms with van der Waals surface area (Å²) < 4.78 is 5.25. The molecule has 0 radical (unpaired) electrons. The quantitative estimate of drug-likeness (QED) is 0.665. The molecule has 64 valence electrons. The maximum atomic E-state index is 9.59. The van der Waals surface area contributed by atoms with E-state index in [0.29, 0.717) is 11.8 Å². The van der Waals surface area contributed by atoms with Crippen molar-refractivity contribution < 1.29 is 9.84 Å². The summed E-state index contributed by atoms with van der Waals surface area (Å²) in [5, 5.41) is 9.59. The van der Waals surface area contributed by atoms with Crippen molar-refractivity contribution in [2.24, 2.45) is 11.8 Å². The van der Waals surface area contributed by atoms with Crippen LogP contribution in [0.25, 0.3) is 0 Å². The summed E-state index contributed by atoms with van der Waals surface area (Å²) in [4.78, 5) is 0. The Kier molecular flexibility index (Phi) is 2.14. The van der Waals surface area contributed by atoms with Crippen LogP contribution in [0.5, 0.6) is 0 Å². The molecule has 1 aliphatic heterocycles. The molecule has 1 saturated carbocycles. The van der Waals surface area contributed by atoms with Gasteiger partial charge in [-0.2, -0.15) is 0 Å². The van der Waals surface area contributed by atoms with E-state index in [-0.39, 0.29) is 6.10 Å². The van der Waals surface area contributed by atoms with Gasteiger partial charge in [0.1, 0.15) is 0 Å². The van der Waals surface area contributed by atoms with Gasteiger partial charge in [0, 0.05) is 13.2 Å². The molecule has 2 atom stereocenters. The van der Waals surface area contributed by atoms with Gasteiger partial charge in [-0.1, -0.05) is 0 Å². The number of hydrogen-bond acceptors (Lipinski definition) is 2. The van der Waals surface area contributed by atoms with Crippen LogP contribution in [0.1, 0.15) is 25.7 Å². The predicted octanol–water partition coefficient (Wildman–Crippen LogP) is 1.18. The zero-order valence-corrected chi connectivity index (χ0v) is 6.83. The first-order valence-corrected chi connectivity index (χ1v) is 4.62. The molecule has 2 rings (SSSR count). The smallest absolute Gasteiger partial charge is 0.0571 e. The van der Waals surface area contributed by atoms with Crippen LogP contribution in [0.15, 0.2) is 0 Å².